The van der Waals surface area contributed by atoms with Crippen LogP contribution >= 0.6 is 0 Å². The normalized spacial score (nSPS) is 17.4. The minimum absolute atomic E-state index is 0.123. The van der Waals surface area contributed by atoms with E-state index < -0.39 is 6.23 Å². The van der Waals surface area contributed by atoms with Gasteiger partial charge in [-0.2, -0.15) is 4.98 Å². The summed E-state index contributed by atoms with van der Waals surface area (Å²) >= 11 is 0. The standard InChI is InChI=1S/C15H21N3O2/c1-3-11(2)18-10-9-13(17-15(18)20)16-14(19)12-7-5-4-6-8-12/h5,7-11,14,19H,3-4,6H2,1-2H3,(H,16,17,20). The van der Waals surface area contributed by atoms with E-state index in [1.54, 1.807) is 16.8 Å². The zero-order valence-electron chi connectivity index (χ0n) is 11.9. The zero-order valence-corrected chi connectivity index (χ0v) is 11.9. The van der Waals surface area contributed by atoms with Gasteiger partial charge in [-0.1, -0.05) is 25.2 Å². The number of hydrogen-bond acceptors (Lipinski definition) is 4. The van der Waals surface area contributed by atoms with E-state index >= 15 is 0 Å². The van der Waals surface area contributed by atoms with E-state index in [2.05, 4.69) is 10.3 Å². The Morgan fingerprint density at radius 2 is 2.30 bits per heavy atom. The number of nitrogens with zero attached hydrogens (tertiary/aromatic N) is 2. The van der Waals surface area contributed by atoms with Crippen LogP contribution in [0.2, 0.25) is 0 Å². The van der Waals surface area contributed by atoms with Crippen LogP contribution in [0.15, 0.2) is 40.9 Å². The summed E-state index contributed by atoms with van der Waals surface area (Å²) in [7, 11) is 0. The molecule has 0 fully saturated rings. The highest BCUT2D eigenvalue weighted by molar-refractivity contribution is 5.38. The van der Waals surface area contributed by atoms with E-state index in [9.17, 15) is 9.90 Å². The predicted octanol–water partition coefficient (Wildman–Crippen LogP) is 2.22. The lowest BCUT2D eigenvalue weighted by molar-refractivity contribution is 0.242. The molecule has 5 nitrogen and oxygen atoms in total. The second-order valence-corrected chi connectivity index (χ2v) is 4.99. The highest BCUT2D eigenvalue weighted by Crippen LogP contribution is 2.15. The summed E-state index contributed by atoms with van der Waals surface area (Å²) in [6.07, 6.45) is 9.57. The van der Waals surface area contributed by atoms with Crippen molar-refractivity contribution in [2.75, 3.05) is 5.32 Å². The minimum atomic E-state index is -0.835. The molecule has 2 atom stereocenters. The second-order valence-electron chi connectivity index (χ2n) is 4.99. The molecule has 0 amide bonds. The van der Waals surface area contributed by atoms with Gasteiger partial charge in [0.25, 0.3) is 0 Å². The van der Waals surface area contributed by atoms with Gasteiger partial charge in [0.15, 0.2) is 6.23 Å². The van der Waals surface area contributed by atoms with E-state index in [0.29, 0.717) is 5.82 Å². The van der Waals surface area contributed by atoms with E-state index in [0.717, 1.165) is 24.8 Å². The van der Waals surface area contributed by atoms with Crippen molar-refractivity contribution in [1.82, 2.24) is 9.55 Å². The molecule has 0 radical (unpaired) electrons. The summed E-state index contributed by atoms with van der Waals surface area (Å²) in [5.74, 6) is 0.391. The number of hydrogen-bond donors (Lipinski definition) is 2. The van der Waals surface area contributed by atoms with Gasteiger partial charge in [0.2, 0.25) is 0 Å². The highest BCUT2D eigenvalue weighted by Gasteiger charge is 2.12. The first-order valence-corrected chi connectivity index (χ1v) is 7.02. The average molecular weight is 275 g/mol. The first-order chi connectivity index (χ1) is 9.61. The molecule has 20 heavy (non-hydrogen) atoms. The van der Waals surface area contributed by atoms with Crippen LogP contribution in [0.1, 0.15) is 39.2 Å². The lowest BCUT2D eigenvalue weighted by Crippen LogP contribution is -2.28. The monoisotopic (exact) mass is 275 g/mol. The van der Waals surface area contributed by atoms with Crippen LogP contribution < -0.4 is 11.0 Å². The fourth-order valence-electron chi connectivity index (χ4n) is 2.09. The van der Waals surface area contributed by atoms with Crippen molar-refractivity contribution in [3.05, 3.63) is 46.5 Å². The summed E-state index contributed by atoms with van der Waals surface area (Å²) in [5.41, 5.74) is 0.508. The maximum atomic E-state index is 11.9. The molecule has 0 spiro atoms. The molecule has 0 aliphatic heterocycles. The molecular weight excluding hydrogens is 254 g/mol. The molecule has 2 N–H and O–H groups in total. The van der Waals surface area contributed by atoms with Crippen LogP contribution in [-0.4, -0.2) is 20.9 Å². The molecule has 1 aromatic rings. The summed E-state index contributed by atoms with van der Waals surface area (Å²) in [6.45, 7) is 4.00. The third kappa shape index (κ3) is 3.36. The zero-order chi connectivity index (χ0) is 14.5. The molecule has 0 bridgehead atoms. The van der Waals surface area contributed by atoms with E-state index in [1.165, 1.54) is 0 Å². The number of aliphatic hydroxyl groups excluding tert-OH is 1. The van der Waals surface area contributed by atoms with Crippen molar-refractivity contribution in [2.24, 2.45) is 0 Å². The van der Waals surface area contributed by atoms with Gasteiger partial charge in [-0.05, 0) is 37.8 Å². The lowest BCUT2D eigenvalue weighted by atomic mass is 10.1. The molecule has 5 heteroatoms. The number of aliphatic hydroxyl groups is 1. The highest BCUT2D eigenvalue weighted by atomic mass is 16.3. The topological polar surface area (TPSA) is 67.2 Å². The molecule has 1 aliphatic rings. The largest absolute Gasteiger partial charge is 0.369 e. The Balaban J connectivity index is 2.10. The van der Waals surface area contributed by atoms with Gasteiger partial charge in [-0.15, -0.1) is 0 Å². The fraction of sp³-hybridized carbons (Fsp3) is 0.467. The quantitative estimate of drug-likeness (QED) is 0.809. The Hall–Kier alpha value is -1.88. The summed E-state index contributed by atoms with van der Waals surface area (Å²) in [5, 5.41) is 12.9. The first kappa shape index (κ1) is 14.5. The smallest absolute Gasteiger partial charge is 0.349 e. The van der Waals surface area contributed by atoms with Crippen molar-refractivity contribution in [3.63, 3.8) is 0 Å². The van der Waals surface area contributed by atoms with Crippen LogP contribution in [0.5, 0.6) is 0 Å². The molecule has 2 rings (SSSR count). The average Bonchev–Trinajstić information content (AvgIpc) is 2.47. The van der Waals surface area contributed by atoms with Gasteiger partial charge < -0.3 is 10.4 Å². The minimum Gasteiger partial charge on any atom is -0.369 e. The van der Waals surface area contributed by atoms with Gasteiger partial charge in [0.1, 0.15) is 5.82 Å². The first-order valence-electron chi connectivity index (χ1n) is 7.02. The van der Waals surface area contributed by atoms with Gasteiger partial charge in [0, 0.05) is 12.2 Å². The van der Waals surface area contributed by atoms with Crippen LogP contribution in [0, 0.1) is 0 Å². The van der Waals surface area contributed by atoms with Crippen molar-refractivity contribution in [3.8, 4) is 0 Å². The molecule has 1 aliphatic carbocycles. The van der Waals surface area contributed by atoms with Crippen molar-refractivity contribution >= 4 is 5.82 Å². The van der Waals surface area contributed by atoms with Gasteiger partial charge in [-0.3, -0.25) is 4.57 Å². The van der Waals surface area contributed by atoms with Crippen LogP contribution in [0.25, 0.3) is 0 Å². The van der Waals surface area contributed by atoms with Crippen LogP contribution in [0.3, 0.4) is 0 Å². The number of aromatic nitrogens is 2. The van der Waals surface area contributed by atoms with E-state index in [1.807, 2.05) is 32.1 Å². The second kappa shape index (κ2) is 6.52. The maximum Gasteiger partial charge on any atom is 0.349 e. The molecule has 2 unspecified atom stereocenters. The summed E-state index contributed by atoms with van der Waals surface area (Å²) in [6, 6.07) is 1.84. The Morgan fingerprint density at radius 3 is 2.90 bits per heavy atom. The Labute approximate surface area is 118 Å². The van der Waals surface area contributed by atoms with Gasteiger partial charge >= 0.3 is 5.69 Å². The SMILES string of the molecule is CCC(C)n1ccc(NC(O)C2=CCCC=C2)nc1=O. The van der Waals surface area contributed by atoms with E-state index in [-0.39, 0.29) is 11.7 Å². The third-order valence-electron chi connectivity index (χ3n) is 3.52. The van der Waals surface area contributed by atoms with Crippen molar-refractivity contribution in [1.29, 1.82) is 0 Å². The summed E-state index contributed by atoms with van der Waals surface area (Å²) < 4.78 is 1.59. The van der Waals surface area contributed by atoms with Gasteiger partial charge in [-0.25, -0.2) is 4.79 Å². The summed E-state index contributed by atoms with van der Waals surface area (Å²) in [4.78, 5) is 15.9. The Morgan fingerprint density at radius 1 is 1.50 bits per heavy atom. The molecule has 1 heterocycles. The number of anilines is 1. The fourth-order valence-corrected chi connectivity index (χ4v) is 2.09. The Bertz CT molecular complexity index is 575. The predicted molar refractivity (Wildman–Crippen MR) is 79.6 cm³/mol. The molecule has 0 saturated heterocycles. The molecule has 0 saturated carbocycles. The third-order valence-corrected chi connectivity index (χ3v) is 3.52. The number of allylic oxidation sites excluding steroid dienone is 2. The number of rotatable bonds is 5. The Kier molecular flexibility index (Phi) is 4.74. The molecular formula is C15H21N3O2. The molecule has 108 valence electrons. The molecule has 1 aromatic heterocycles. The van der Waals surface area contributed by atoms with Crippen molar-refractivity contribution < 1.29 is 5.11 Å². The molecule has 0 aromatic carbocycles. The van der Waals surface area contributed by atoms with Crippen molar-refractivity contribution in [2.45, 2.75) is 45.4 Å². The van der Waals surface area contributed by atoms with Crippen LogP contribution in [-0.2, 0) is 0 Å². The van der Waals surface area contributed by atoms with Crippen LogP contribution in [0.4, 0.5) is 5.82 Å². The lowest BCUT2D eigenvalue weighted by Gasteiger charge is -2.17. The maximum absolute atomic E-state index is 11.9. The number of nitrogens with one attached hydrogen (secondary N) is 1. The van der Waals surface area contributed by atoms with E-state index in [4.69, 9.17) is 0 Å². The van der Waals surface area contributed by atoms with Gasteiger partial charge in [0.05, 0.1) is 0 Å².